The Morgan fingerprint density at radius 1 is 1.28 bits per heavy atom. The molecule has 25 heavy (non-hydrogen) atoms. The zero-order valence-electron chi connectivity index (χ0n) is 13.6. The Bertz CT molecular complexity index is 744. The van der Waals surface area contributed by atoms with Crippen LogP contribution in [0.25, 0.3) is 0 Å². The fourth-order valence-corrected chi connectivity index (χ4v) is 2.96. The number of benzene rings is 1. The first-order valence-electron chi connectivity index (χ1n) is 7.90. The Morgan fingerprint density at radius 2 is 1.92 bits per heavy atom. The summed E-state index contributed by atoms with van der Waals surface area (Å²) in [7, 11) is 0. The predicted molar refractivity (Wildman–Crippen MR) is 88.1 cm³/mol. The topological polar surface area (TPSA) is 92.8 Å². The van der Waals surface area contributed by atoms with Crippen molar-refractivity contribution in [1.82, 2.24) is 10.2 Å². The lowest BCUT2D eigenvalue weighted by atomic mass is 9.96. The molecule has 2 fully saturated rings. The summed E-state index contributed by atoms with van der Waals surface area (Å²) >= 11 is 5.74. The van der Waals surface area contributed by atoms with Crippen LogP contribution in [0, 0.1) is 5.92 Å². The van der Waals surface area contributed by atoms with Crippen molar-refractivity contribution in [2.45, 2.75) is 25.3 Å². The summed E-state index contributed by atoms with van der Waals surface area (Å²) in [5, 5.41) is 3.14. The number of urea groups is 1. The van der Waals surface area contributed by atoms with E-state index in [9.17, 15) is 19.2 Å². The number of ketones is 1. The van der Waals surface area contributed by atoms with Crippen LogP contribution in [0.5, 0.6) is 0 Å². The molecular weight excluding hydrogens is 348 g/mol. The van der Waals surface area contributed by atoms with Crippen molar-refractivity contribution >= 4 is 35.3 Å². The first-order valence-corrected chi connectivity index (χ1v) is 8.27. The molecule has 1 aliphatic carbocycles. The van der Waals surface area contributed by atoms with Crippen LogP contribution in [0.3, 0.4) is 0 Å². The zero-order chi connectivity index (χ0) is 18.2. The molecule has 1 aromatic rings. The first kappa shape index (κ1) is 17.4. The number of halogens is 1. The lowest BCUT2D eigenvalue weighted by Crippen LogP contribution is -2.46. The van der Waals surface area contributed by atoms with Crippen molar-refractivity contribution in [2.24, 2.45) is 5.92 Å². The van der Waals surface area contributed by atoms with Crippen LogP contribution in [-0.4, -0.2) is 47.3 Å². The van der Waals surface area contributed by atoms with Gasteiger partial charge in [0.25, 0.3) is 5.91 Å². The van der Waals surface area contributed by atoms with Crippen LogP contribution in [0.2, 0.25) is 5.02 Å². The highest BCUT2D eigenvalue weighted by Crippen LogP contribution is 2.42. The number of nitrogens with one attached hydrogen (secondary N) is 1. The van der Waals surface area contributed by atoms with Gasteiger partial charge in [0.2, 0.25) is 0 Å². The fraction of sp³-hybridized carbons (Fsp3) is 0.412. The number of rotatable bonds is 6. The number of ether oxygens (including phenoxy) is 1. The van der Waals surface area contributed by atoms with Crippen molar-refractivity contribution in [2.75, 3.05) is 13.2 Å². The van der Waals surface area contributed by atoms with Gasteiger partial charge in [0.1, 0.15) is 12.1 Å². The standard InChI is InChI=1S/C17H17ClN2O5/c1-17(11-4-5-11)15(23)20(16(24)19-17)8-14(22)25-9-13(21)10-2-6-12(18)7-3-10/h2-3,6-7,11H,4-5,8-9H2,1H3,(H,19,24)/t17-/m1/s1. The molecular formula is C17H17ClN2O5. The van der Waals surface area contributed by atoms with E-state index in [2.05, 4.69) is 5.32 Å². The molecule has 0 radical (unpaired) electrons. The highest BCUT2D eigenvalue weighted by atomic mass is 35.5. The first-order chi connectivity index (χ1) is 11.8. The summed E-state index contributed by atoms with van der Waals surface area (Å²) < 4.78 is 4.90. The van der Waals surface area contributed by atoms with Gasteiger partial charge in [-0.1, -0.05) is 11.6 Å². The van der Waals surface area contributed by atoms with E-state index in [1.54, 1.807) is 19.1 Å². The molecule has 3 amide bonds. The molecule has 7 nitrogen and oxygen atoms in total. The van der Waals surface area contributed by atoms with E-state index in [1.807, 2.05) is 0 Å². The smallest absolute Gasteiger partial charge is 0.326 e. The minimum Gasteiger partial charge on any atom is -0.456 e. The van der Waals surface area contributed by atoms with Gasteiger partial charge >= 0.3 is 12.0 Å². The van der Waals surface area contributed by atoms with E-state index in [0.717, 1.165) is 17.7 Å². The Kier molecular flexibility index (Phi) is 4.51. The Morgan fingerprint density at radius 3 is 2.52 bits per heavy atom. The number of hydrogen-bond acceptors (Lipinski definition) is 5. The summed E-state index contributed by atoms with van der Waals surface area (Å²) in [6, 6.07) is 5.56. The maximum Gasteiger partial charge on any atom is 0.326 e. The molecule has 1 N–H and O–H groups in total. The van der Waals surface area contributed by atoms with E-state index >= 15 is 0 Å². The lowest BCUT2D eigenvalue weighted by molar-refractivity contribution is -0.146. The average Bonchev–Trinajstić information content (AvgIpc) is 3.39. The average molecular weight is 365 g/mol. The van der Waals surface area contributed by atoms with Gasteiger partial charge in [-0.25, -0.2) is 4.79 Å². The molecule has 8 heteroatoms. The van der Waals surface area contributed by atoms with Crippen LogP contribution in [0.1, 0.15) is 30.1 Å². The molecule has 1 aromatic carbocycles. The van der Waals surface area contributed by atoms with Crippen LogP contribution < -0.4 is 5.32 Å². The third-order valence-electron chi connectivity index (χ3n) is 4.51. The Hall–Kier alpha value is -2.41. The van der Waals surface area contributed by atoms with E-state index < -0.39 is 42.4 Å². The molecule has 1 saturated carbocycles. The normalized spacial score (nSPS) is 22.7. The summed E-state index contributed by atoms with van der Waals surface area (Å²) in [6.07, 6.45) is 1.74. The minimum atomic E-state index is -0.948. The summed E-state index contributed by atoms with van der Waals surface area (Å²) in [5.41, 5.74) is -0.593. The molecule has 0 bridgehead atoms. The quantitative estimate of drug-likeness (QED) is 0.472. The fourth-order valence-electron chi connectivity index (χ4n) is 2.84. The van der Waals surface area contributed by atoms with Crippen LogP contribution in [0.4, 0.5) is 4.79 Å². The number of esters is 1. The predicted octanol–water partition coefficient (Wildman–Crippen LogP) is 1.79. The highest BCUT2D eigenvalue weighted by molar-refractivity contribution is 6.30. The molecule has 2 aliphatic rings. The van der Waals surface area contributed by atoms with Gasteiger partial charge in [-0.2, -0.15) is 0 Å². The maximum atomic E-state index is 12.4. The number of hydrogen-bond donors (Lipinski definition) is 1. The molecule has 132 valence electrons. The molecule has 1 heterocycles. The second-order valence-corrected chi connectivity index (χ2v) is 6.83. The molecule has 0 spiro atoms. The summed E-state index contributed by atoms with van der Waals surface area (Å²) in [5.74, 6) is -1.53. The van der Waals surface area contributed by atoms with E-state index in [0.29, 0.717) is 10.6 Å². The molecule has 1 atom stereocenters. The van der Waals surface area contributed by atoms with Gasteiger partial charge in [-0.3, -0.25) is 19.3 Å². The molecule has 0 unspecified atom stereocenters. The third-order valence-corrected chi connectivity index (χ3v) is 4.76. The van der Waals surface area contributed by atoms with Crippen molar-refractivity contribution in [3.05, 3.63) is 34.9 Å². The van der Waals surface area contributed by atoms with Crippen molar-refractivity contribution in [3.63, 3.8) is 0 Å². The van der Waals surface area contributed by atoms with Crippen molar-refractivity contribution in [1.29, 1.82) is 0 Å². The Balaban J connectivity index is 1.54. The number of Topliss-reactive ketones (excluding diaryl/α,β-unsaturated/α-hetero) is 1. The number of carbonyl (C=O) groups excluding carboxylic acids is 4. The van der Waals surface area contributed by atoms with Crippen LogP contribution >= 0.6 is 11.6 Å². The van der Waals surface area contributed by atoms with Gasteiger partial charge in [0.05, 0.1) is 0 Å². The van der Waals surface area contributed by atoms with E-state index in [-0.39, 0.29) is 5.92 Å². The number of amides is 3. The summed E-state index contributed by atoms with van der Waals surface area (Å²) in [4.78, 5) is 49.1. The largest absolute Gasteiger partial charge is 0.456 e. The van der Waals surface area contributed by atoms with Gasteiger partial charge in [0.15, 0.2) is 12.4 Å². The molecule has 1 saturated heterocycles. The zero-order valence-corrected chi connectivity index (χ0v) is 14.3. The molecule has 1 aliphatic heterocycles. The second-order valence-electron chi connectivity index (χ2n) is 6.39. The van der Waals surface area contributed by atoms with Crippen LogP contribution in [0.15, 0.2) is 24.3 Å². The van der Waals surface area contributed by atoms with Crippen LogP contribution in [-0.2, 0) is 14.3 Å². The van der Waals surface area contributed by atoms with Gasteiger partial charge in [0, 0.05) is 10.6 Å². The van der Waals surface area contributed by atoms with Gasteiger partial charge in [-0.05, 0) is 49.9 Å². The van der Waals surface area contributed by atoms with Gasteiger partial charge < -0.3 is 10.1 Å². The number of nitrogens with zero attached hydrogens (tertiary/aromatic N) is 1. The highest BCUT2D eigenvalue weighted by Gasteiger charge is 2.56. The van der Waals surface area contributed by atoms with Crippen molar-refractivity contribution in [3.8, 4) is 0 Å². The lowest BCUT2D eigenvalue weighted by Gasteiger charge is -2.20. The van der Waals surface area contributed by atoms with Gasteiger partial charge in [-0.15, -0.1) is 0 Å². The van der Waals surface area contributed by atoms with Crippen molar-refractivity contribution < 1.29 is 23.9 Å². The number of carbonyl (C=O) groups is 4. The third kappa shape index (κ3) is 3.51. The SMILES string of the molecule is C[C@]1(C2CC2)NC(=O)N(CC(=O)OCC(=O)c2ccc(Cl)cc2)C1=O. The Labute approximate surface area is 149 Å². The minimum absolute atomic E-state index is 0.108. The van der Waals surface area contributed by atoms with E-state index in [4.69, 9.17) is 16.3 Å². The monoisotopic (exact) mass is 364 g/mol. The molecule has 3 rings (SSSR count). The molecule has 0 aromatic heterocycles. The second kappa shape index (κ2) is 6.48. The number of imide groups is 1. The van der Waals surface area contributed by atoms with E-state index in [1.165, 1.54) is 12.1 Å². The summed E-state index contributed by atoms with van der Waals surface area (Å²) in [6.45, 7) is 0.686. The maximum absolute atomic E-state index is 12.4.